The van der Waals surface area contributed by atoms with Crippen LogP contribution in [0.15, 0.2) is 90.7 Å². The first-order valence-corrected chi connectivity index (χ1v) is 15.7. The predicted octanol–water partition coefficient (Wildman–Crippen LogP) is 5.92. The minimum atomic E-state index is -0.824. The fourth-order valence-corrected chi connectivity index (χ4v) is 6.62. The smallest absolute Gasteiger partial charge is 0.338 e. The number of ether oxygens (including phenoxy) is 4. The van der Waals surface area contributed by atoms with Gasteiger partial charge in [0.05, 0.1) is 42.7 Å². The SMILES string of the molecule is CCOC(=O)C1=C(C)N=c2s/c(=C\c3ccccc3OCc3ccc(Br)cc3)c(=O)n2[C@@H]1c1cc(OC)c(OC)cc1Br. The van der Waals surface area contributed by atoms with Crippen LogP contribution in [0.5, 0.6) is 17.2 Å². The van der Waals surface area contributed by atoms with E-state index in [0.717, 1.165) is 15.6 Å². The molecule has 0 radical (unpaired) electrons. The Morgan fingerprint density at radius 3 is 2.42 bits per heavy atom. The fourth-order valence-electron chi connectivity index (χ4n) is 4.78. The van der Waals surface area contributed by atoms with Crippen LogP contribution >= 0.6 is 43.2 Å². The molecule has 2 heterocycles. The van der Waals surface area contributed by atoms with Crippen LogP contribution in [0.25, 0.3) is 6.08 Å². The van der Waals surface area contributed by atoms with Crippen molar-refractivity contribution in [2.75, 3.05) is 20.8 Å². The van der Waals surface area contributed by atoms with E-state index < -0.39 is 12.0 Å². The second-order valence-corrected chi connectivity index (χ2v) is 12.3. The zero-order valence-electron chi connectivity index (χ0n) is 23.9. The first-order chi connectivity index (χ1) is 20.7. The van der Waals surface area contributed by atoms with Gasteiger partial charge >= 0.3 is 5.97 Å². The molecular formula is C32H28Br2N2O6S. The minimum absolute atomic E-state index is 0.177. The molecule has 11 heteroatoms. The van der Waals surface area contributed by atoms with Gasteiger partial charge in [0.25, 0.3) is 5.56 Å². The van der Waals surface area contributed by atoms with Gasteiger partial charge in [-0.05, 0) is 61.4 Å². The molecule has 0 N–H and O–H groups in total. The summed E-state index contributed by atoms with van der Waals surface area (Å²) in [4.78, 5) is 32.6. The predicted molar refractivity (Wildman–Crippen MR) is 173 cm³/mol. The van der Waals surface area contributed by atoms with Gasteiger partial charge in [0, 0.05) is 14.5 Å². The number of methoxy groups -OCH3 is 2. The highest BCUT2D eigenvalue weighted by Crippen LogP contribution is 2.40. The monoisotopic (exact) mass is 726 g/mol. The van der Waals surface area contributed by atoms with Crippen molar-refractivity contribution in [3.63, 3.8) is 0 Å². The highest BCUT2D eigenvalue weighted by molar-refractivity contribution is 9.10. The summed E-state index contributed by atoms with van der Waals surface area (Å²) in [6.07, 6.45) is 1.80. The molecule has 0 amide bonds. The van der Waals surface area contributed by atoms with Crippen LogP contribution in [0.1, 0.15) is 36.6 Å². The van der Waals surface area contributed by atoms with Gasteiger partial charge in [0.2, 0.25) is 0 Å². The van der Waals surface area contributed by atoms with Crippen molar-refractivity contribution in [3.8, 4) is 17.2 Å². The largest absolute Gasteiger partial charge is 0.493 e. The number of halogens is 2. The Hall–Kier alpha value is -3.67. The number of thiazole rings is 1. The van der Waals surface area contributed by atoms with Crippen LogP contribution in [0.2, 0.25) is 0 Å². The first kappa shape index (κ1) is 30.8. The van der Waals surface area contributed by atoms with Gasteiger partial charge in [-0.2, -0.15) is 0 Å². The molecule has 1 aliphatic rings. The van der Waals surface area contributed by atoms with Crippen molar-refractivity contribution in [3.05, 3.63) is 117 Å². The number of para-hydroxylation sites is 1. The lowest BCUT2D eigenvalue weighted by molar-refractivity contribution is -0.139. The lowest BCUT2D eigenvalue weighted by atomic mass is 9.95. The van der Waals surface area contributed by atoms with Crippen LogP contribution in [0.3, 0.4) is 0 Å². The molecule has 0 saturated heterocycles. The van der Waals surface area contributed by atoms with E-state index >= 15 is 0 Å². The zero-order chi connectivity index (χ0) is 30.7. The van der Waals surface area contributed by atoms with Crippen molar-refractivity contribution >= 4 is 55.2 Å². The number of carbonyl (C=O) groups is 1. The van der Waals surface area contributed by atoms with Gasteiger partial charge in [-0.1, -0.05) is 73.5 Å². The minimum Gasteiger partial charge on any atom is -0.493 e. The number of allylic oxidation sites excluding steroid dienone is 1. The summed E-state index contributed by atoms with van der Waals surface area (Å²) < 4.78 is 26.2. The Balaban J connectivity index is 1.64. The average Bonchev–Trinajstić information content (AvgIpc) is 3.30. The molecule has 0 fully saturated rings. The number of carbonyl (C=O) groups excluding carboxylic acids is 1. The van der Waals surface area contributed by atoms with Gasteiger partial charge in [-0.3, -0.25) is 9.36 Å². The number of hydrogen-bond acceptors (Lipinski definition) is 8. The topological polar surface area (TPSA) is 88.4 Å². The summed E-state index contributed by atoms with van der Waals surface area (Å²) in [5, 5.41) is 0. The van der Waals surface area contributed by atoms with E-state index in [1.54, 1.807) is 39.2 Å². The number of aromatic nitrogens is 1. The van der Waals surface area contributed by atoms with Crippen molar-refractivity contribution in [2.45, 2.75) is 26.5 Å². The molecule has 43 heavy (non-hydrogen) atoms. The second kappa shape index (κ2) is 13.3. The van der Waals surface area contributed by atoms with E-state index in [1.807, 2.05) is 48.5 Å². The molecule has 1 aromatic heterocycles. The molecule has 0 saturated carbocycles. The number of benzene rings is 3. The molecule has 3 aromatic carbocycles. The normalized spacial score (nSPS) is 14.7. The Bertz CT molecular complexity index is 1900. The third-order valence-corrected chi connectivity index (χ3v) is 9.03. The molecule has 1 aliphatic heterocycles. The van der Waals surface area contributed by atoms with Gasteiger partial charge < -0.3 is 18.9 Å². The molecule has 0 bridgehead atoms. The second-order valence-electron chi connectivity index (χ2n) is 9.48. The van der Waals surface area contributed by atoms with Crippen molar-refractivity contribution in [2.24, 2.45) is 4.99 Å². The Morgan fingerprint density at radius 1 is 1.02 bits per heavy atom. The Labute approximate surface area is 269 Å². The standard InChI is InChI=1S/C32H28Br2N2O6S/c1-5-41-31(38)28-18(2)35-32-36(29(28)22-15-25(39-3)26(40-4)16-23(22)34)30(37)27(43-32)14-20-8-6-7-9-24(20)42-17-19-10-12-21(33)13-11-19/h6-16,29H,5,17H2,1-4H3/b27-14-/t29-/m1/s1. The van der Waals surface area contributed by atoms with Crippen molar-refractivity contribution < 1.29 is 23.7 Å². The summed E-state index contributed by atoms with van der Waals surface area (Å²) in [6.45, 7) is 4.03. The Morgan fingerprint density at radius 2 is 1.72 bits per heavy atom. The third kappa shape index (κ3) is 6.34. The molecule has 8 nitrogen and oxygen atoms in total. The van der Waals surface area contributed by atoms with Gasteiger partial charge in [-0.15, -0.1) is 0 Å². The molecule has 1 atom stereocenters. The van der Waals surface area contributed by atoms with E-state index in [-0.39, 0.29) is 17.7 Å². The maximum atomic E-state index is 14.1. The fraction of sp³-hybridized carbons (Fsp3) is 0.219. The number of esters is 1. The number of hydrogen-bond donors (Lipinski definition) is 0. The summed E-state index contributed by atoms with van der Waals surface area (Å²) in [7, 11) is 3.08. The first-order valence-electron chi connectivity index (χ1n) is 13.3. The molecule has 222 valence electrons. The molecular weight excluding hydrogens is 700 g/mol. The van der Waals surface area contributed by atoms with Gasteiger partial charge in [0.1, 0.15) is 12.4 Å². The van der Waals surface area contributed by atoms with E-state index in [1.165, 1.54) is 23.0 Å². The maximum absolute atomic E-state index is 14.1. The quantitative estimate of drug-likeness (QED) is 0.199. The lowest BCUT2D eigenvalue weighted by Crippen LogP contribution is -2.40. The zero-order valence-corrected chi connectivity index (χ0v) is 27.8. The molecule has 0 unspecified atom stereocenters. The van der Waals surface area contributed by atoms with E-state index in [2.05, 4.69) is 36.9 Å². The van der Waals surface area contributed by atoms with Crippen LogP contribution in [-0.4, -0.2) is 31.4 Å². The van der Waals surface area contributed by atoms with Crippen LogP contribution < -0.4 is 29.1 Å². The van der Waals surface area contributed by atoms with Gasteiger partial charge in [0.15, 0.2) is 16.3 Å². The highest BCUT2D eigenvalue weighted by atomic mass is 79.9. The molecule has 0 aliphatic carbocycles. The van der Waals surface area contributed by atoms with Crippen molar-refractivity contribution in [1.29, 1.82) is 0 Å². The third-order valence-electron chi connectivity index (χ3n) is 6.83. The van der Waals surface area contributed by atoms with E-state index in [4.69, 9.17) is 18.9 Å². The molecule has 0 spiro atoms. The summed E-state index contributed by atoms with van der Waals surface area (Å²) in [5.74, 6) is 1.05. The average molecular weight is 728 g/mol. The molecule has 4 aromatic rings. The number of fused-ring (bicyclic) bond motifs is 1. The number of rotatable bonds is 9. The van der Waals surface area contributed by atoms with Crippen molar-refractivity contribution in [1.82, 2.24) is 4.57 Å². The summed E-state index contributed by atoms with van der Waals surface area (Å²) in [6, 6.07) is 18.1. The lowest BCUT2D eigenvalue weighted by Gasteiger charge is -2.26. The molecule has 5 rings (SSSR count). The summed E-state index contributed by atoms with van der Waals surface area (Å²) in [5.41, 5.74) is 2.83. The highest BCUT2D eigenvalue weighted by Gasteiger charge is 2.35. The summed E-state index contributed by atoms with van der Waals surface area (Å²) >= 11 is 8.33. The van der Waals surface area contributed by atoms with E-state index in [0.29, 0.717) is 48.9 Å². The number of nitrogens with zero attached hydrogens (tertiary/aromatic N) is 2. The Kier molecular flexibility index (Phi) is 9.53. The van der Waals surface area contributed by atoms with Crippen LogP contribution in [-0.2, 0) is 16.1 Å². The maximum Gasteiger partial charge on any atom is 0.338 e. The van der Waals surface area contributed by atoms with E-state index in [9.17, 15) is 9.59 Å². The van der Waals surface area contributed by atoms with Gasteiger partial charge in [-0.25, -0.2) is 9.79 Å². The van der Waals surface area contributed by atoms with Crippen LogP contribution in [0, 0.1) is 0 Å². The van der Waals surface area contributed by atoms with Crippen LogP contribution in [0.4, 0.5) is 0 Å².